The molecule has 6 heteroatoms. The van der Waals surface area contributed by atoms with Crippen molar-refractivity contribution in [1.29, 1.82) is 0 Å². The van der Waals surface area contributed by atoms with Gasteiger partial charge < -0.3 is 9.84 Å². The molecule has 0 amide bonds. The van der Waals surface area contributed by atoms with E-state index in [1.165, 1.54) is 12.1 Å². The molecular formula is C23H21FN2O3. The number of hydrogen-bond donors (Lipinski definition) is 1. The molecule has 0 radical (unpaired) electrons. The van der Waals surface area contributed by atoms with Crippen LogP contribution < -0.4 is 4.74 Å². The maximum Gasteiger partial charge on any atom is 0.511 e. The topological polar surface area (TPSA) is 64.4 Å². The van der Waals surface area contributed by atoms with Gasteiger partial charge >= 0.3 is 6.16 Å². The minimum atomic E-state index is -1.32. The summed E-state index contributed by atoms with van der Waals surface area (Å²) in [6.45, 7) is 6.09. The summed E-state index contributed by atoms with van der Waals surface area (Å²) in [7, 11) is 0. The SMILES string of the molecule is CC1=Cc2c(cnn2-c2ccc(F)cc2)C[C@]1(C)c1cccc(OC(=O)O)c1C. The van der Waals surface area contributed by atoms with Gasteiger partial charge in [0.15, 0.2) is 0 Å². The third-order valence-corrected chi connectivity index (χ3v) is 5.80. The van der Waals surface area contributed by atoms with Crippen LogP contribution in [0.15, 0.2) is 54.2 Å². The number of allylic oxidation sites excluding steroid dienone is 1. The van der Waals surface area contributed by atoms with Gasteiger partial charge in [0.2, 0.25) is 0 Å². The second kappa shape index (κ2) is 6.88. The summed E-state index contributed by atoms with van der Waals surface area (Å²) in [5, 5.41) is 13.5. The number of fused-ring (bicyclic) bond motifs is 1. The van der Waals surface area contributed by atoms with Gasteiger partial charge in [-0.05, 0) is 73.4 Å². The third kappa shape index (κ3) is 3.20. The largest absolute Gasteiger partial charge is 0.511 e. The molecule has 0 saturated heterocycles. The van der Waals surface area contributed by atoms with E-state index in [2.05, 4.69) is 25.0 Å². The monoisotopic (exact) mass is 392 g/mol. The zero-order valence-electron chi connectivity index (χ0n) is 16.4. The van der Waals surface area contributed by atoms with Crippen LogP contribution in [0.3, 0.4) is 0 Å². The standard InChI is InChI=1S/C23H21FN2O3/c1-14-11-20-16(13-25-26(20)18-9-7-17(24)8-10-18)12-23(14,3)19-5-4-6-21(15(19)2)29-22(27)28/h4-11,13H,12H2,1-3H3,(H,27,28)/t23-/m0/s1. The number of aromatic nitrogens is 2. The van der Waals surface area contributed by atoms with Crippen LogP contribution in [0.2, 0.25) is 0 Å². The lowest BCUT2D eigenvalue weighted by Crippen LogP contribution is -2.30. The summed E-state index contributed by atoms with van der Waals surface area (Å²) in [6, 6.07) is 11.7. The fraction of sp³-hybridized carbons (Fsp3) is 0.217. The van der Waals surface area contributed by atoms with E-state index in [1.807, 2.05) is 29.9 Å². The van der Waals surface area contributed by atoms with Crippen molar-refractivity contribution in [3.8, 4) is 11.4 Å². The van der Waals surface area contributed by atoms with Gasteiger partial charge in [0.1, 0.15) is 11.6 Å². The number of carboxylic acid groups (broad SMARTS) is 1. The van der Waals surface area contributed by atoms with Gasteiger partial charge in [-0.3, -0.25) is 0 Å². The number of nitrogens with zero attached hydrogens (tertiary/aromatic N) is 2. The van der Waals surface area contributed by atoms with Crippen molar-refractivity contribution in [3.05, 3.63) is 82.4 Å². The van der Waals surface area contributed by atoms with Crippen LogP contribution in [-0.2, 0) is 11.8 Å². The van der Waals surface area contributed by atoms with Crippen molar-refractivity contribution in [2.24, 2.45) is 0 Å². The summed E-state index contributed by atoms with van der Waals surface area (Å²) in [4.78, 5) is 11.0. The Bertz CT molecular complexity index is 1130. The van der Waals surface area contributed by atoms with Crippen LogP contribution >= 0.6 is 0 Å². The predicted octanol–water partition coefficient (Wildman–Crippen LogP) is 5.29. The van der Waals surface area contributed by atoms with Crippen LogP contribution in [0.4, 0.5) is 9.18 Å². The van der Waals surface area contributed by atoms with Gasteiger partial charge in [0, 0.05) is 5.41 Å². The Balaban J connectivity index is 1.77. The Kier molecular flexibility index (Phi) is 4.49. The molecule has 5 nitrogen and oxygen atoms in total. The quantitative estimate of drug-likeness (QED) is 0.486. The van der Waals surface area contributed by atoms with E-state index in [0.29, 0.717) is 12.2 Å². The molecule has 1 heterocycles. The predicted molar refractivity (Wildman–Crippen MR) is 108 cm³/mol. The molecule has 0 spiro atoms. The van der Waals surface area contributed by atoms with Crippen molar-refractivity contribution in [3.63, 3.8) is 0 Å². The molecule has 1 aliphatic rings. The highest BCUT2D eigenvalue weighted by Crippen LogP contribution is 2.44. The normalized spacial score (nSPS) is 18.1. The molecule has 29 heavy (non-hydrogen) atoms. The smallest absolute Gasteiger partial charge is 0.449 e. The molecule has 1 atom stereocenters. The molecule has 0 unspecified atom stereocenters. The fourth-order valence-electron chi connectivity index (χ4n) is 4.08. The second-order valence-corrected chi connectivity index (χ2v) is 7.58. The van der Waals surface area contributed by atoms with Crippen LogP contribution in [0.25, 0.3) is 11.8 Å². The summed E-state index contributed by atoms with van der Waals surface area (Å²) >= 11 is 0. The first kappa shape index (κ1) is 18.9. The minimum Gasteiger partial charge on any atom is -0.449 e. The molecule has 0 aliphatic heterocycles. The average molecular weight is 392 g/mol. The van der Waals surface area contributed by atoms with E-state index in [9.17, 15) is 9.18 Å². The molecule has 0 fully saturated rings. The molecule has 0 saturated carbocycles. The van der Waals surface area contributed by atoms with Gasteiger partial charge in [-0.2, -0.15) is 5.10 Å². The number of halogens is 1. The maximum atomic E-state index is 13.3. The highest BCUT2D eigenvalue weighted by molar-refractivity contribution is 5.66. The molecule has 1 aliphatic carbocycles. The number of hydrogen-bond acceptors (Lipinski definition) is 3. The van der Waals surface area contributed by atoms with Crippen molar-refractivity contribution in [1.82, 2.24) is 9.78 Å². The Labute approximate surface area is 168 Å². The van der Waals surface area contributed by atoms with E-state index >= 15 is 0 Å². The molecule has 0 bridgehead atoms. The summed E-state index contributed by atoms with van der Waals surface area (Å²) in [5.41, 5.74) is 5.47. The molecule has 1 aromatic heterocycles. The molecule has 1 N–H and O–H groups in total. The Morgan fingerprint density at radius 1 is 1.21 bits per heavy atom. The molecule has 148 valence electrons. The van der Waals surface area contributed by atoms with Gasteiger partial charge in [-0.15, -0.1) is 0 Å². The first-order valence-corrected chi connectivity index (χ1v) is 9.32. The molecule has 3 aromatic rings. The number of carbonyl (C=O) groups is 1. The van der Waals surface area contributed by atoms with E-state index in [1.54, 1.807) is 18.2 Å². The number of rotatable bonds is 3. The first-order valence-electron chi connectivity index (χ1n) is 9.32. The van der Waals surface area contributed by atoms with E-state index in [0.717, 1.165) is 33.6 Å². The number of ether oxygens (including phenoxy) is 1. The zero-order valence-corrected chi connectivity index (χ0v) is 16.4. The molecule has 2 aromatic carbocycles. The van der Waals surface area contributed by atoms with Gasteiger partial charge in [-0.25, -0.2) is 13.9 Å². The van der Waals surface area contributed by atoms with Gasteiger partial charge in [0.05, 0.1) is 17.6 Å². The zero-order chi connectivity index (χ0) is 20.8. The van der Waals surface area contributed by atoms with Crippen LogP contribution in [0.5, 0.6) is 5.75 Å². The minimum absolute atomic E-state index is 0.284. The lowest BCUT2D eigenvalue weighted by molar-refractivity contribution is 0.144. The van der Waals surface area contributed by atoms with Crippen molar-refractivity contribution in [2.45, 2.75) is 32.6 Å². The van der Waals surface area contributed by atoms with Crippen molar-refractivity contribution in [2.75, 3.05) is 0 Å². The average Bonchev–Trinajstić information content (AvgIpc) is 3.06. The summed E-state index contributed by atoms with van der Waals surface area (Å²) < 4.78 is 20.0. The second-order valence-electron chi connectivity index (χ2n) is 7.58. The Morgan fingerprint density at radius 2 is 1.93 bits per heavy atom. The molecule has 4 rings (SSSR count). The van der Waals surface area contributed by atoms with Crippen LogP contribution in [0, 0.1) is 12.7 Å². The highest BCUT2D eigenvalue weighted by Gasteiger charge is 2.36. The van der Waals surface area contributed by atoms with Crippen LogP contribution in [-0.4, -0.2) is 21.0 Å². The van der Waals surface area contributed by atoms with Gasteiger partial charge in [0.25, 0.3) is 0 Å². The summed E-state index contributed by atoms with van der Waals surface area (Å²) in [6.07, 6.45) is 3.32. The Morgan fingerprint density at radius 3 is 2.62 bits per heavy atom. The van der Waals surface area contributed by atoms with Crippen molar-refractivity contribution >= 4 is 12.2 Å². The van der Waals surface area contributed by atoms with E-state index in [4.69, 9.17) is 9.84 Å². The fourth-order valence-corrected chi connectivity index (χ4v) is 4.08. The molecular weight excluding hydrogens is 371 g/mol. The summed E-state index contributed by atoms with van der Waals surface area (Å²) in [5.74, 6) is 0.0600. The van der Waals surface area contributed by atoms with Crippen LogP contribution in [0.1, 0.15) is 36.2 Å². The highest BCUT2D eigenvalue weighted by atomic mass is 19.1. The van der Waals surface area contributed by atoms with E-state index < -0.39 is 6.16 Å². The first-order chi connectivity index (χ1) is 13.8. The van der Waals surface area contributed by atoms with Crippen molar-refractivity contribution < 1.29 is 19.0 Å². The lowest BCUT2D eigenvalue weighted by Gasteiger charge is -2.36. The third-order valence-electron chi connectivity index (χ3n) is 5.80. The lowest BCUT2D eigenvalue weighted by atomic mass is 9.68. The number of benzene rings is 2. The van der Waals surface area contributed by atoms with Gasteiger partial charge in [-0.1, -0.05) is 24.6 Å². The van der Waals surface area contributed by atoms with E-state index in [-0.39, 0.29) is 11.2 Å². The maximum absolute atomic E-state index is 13.3. The Hall–Kier alpha value is -3.41.